The van der Waals surface area contributed by atoms with E-state index in [1.165, 1.54) is 5.56 Å². The van der Waals surface area contributed by atoms with Crippen molar-refractivity contribution in [2.24, 2.45) is 0 Å². The highest BCUT2D eigenvalue weighted by atomic mass is 16.5. The molecule has 1 N–H and O–H groups in total. The van der Waals surface area contributed by atoms with Crippen LogP contribution in [0.5, 0.6) is 0 Å². The topological polar surface area (TPSA) is 29.5 Å². The molecule has 0 aromatic heterocycles. The minimum absolute atomic E-state index is 0.0134. The molecule has 0 bridgehead atoms. The Morgan fingerprint density at radius 1 is 1.40 bits per heavy atom. The van der Waals surface area contributed by atoms with Crippen LogP contribution in [-0.4, -0.2) is 17.8 Å². The quantitative estimate of drug-likeness (QED) is 0.806. The summed E-state index contributed by atoms with van der Waals surface area (Å²) in [4.78, 5) is 0. The molecule has 1 heterocycles. The van der Waals surface area contributed by atoms with E-state index in [4.69, 9.17) is 4.74 Å². The molecule has 0 saturated carbocycles. The van der Waals surface area contributed by atoms with E-state index in [9.17, 15) is 5.11 Å². The largest absolute Gasteiger partial charge is 0.386 e. The highest BCUT2D eigenvalue weighted by molar-refractivity contribution is 5.24. The second-order valence-electron chi connectivity index (χ2n) is 4.26. The molecule has 1 aliphatic heterocycles. The summed E-state index contributed by atoms with van der Waals surface area (Å²) in [5.74, 6) is 0. The van der Waals surface area contributed by atoms with Gasteiger partial charge in [-0.3, -0.25) is 0 Å². The first-order valence-electron chi connectivity index (χ1n) is 5.63. The second kappa shape index (κ2) is 4.77. The summed E-state index contributed by atoms with van der Waals surface area (Å²) >= 11 is 0. The SMILES string of the molecule is Cc1cccc(C(O)C2CCCCO2)c1. The van der Waals surface area contributed by atoms with Gasteiger partial charge in [0.25, 0.3) is 0 Å². The first-order valence-corrected chi connectivity index (χ1v) is 5.63. The van der Waals surface area contributed by atoms with Crippen molar-refractivity contribution in [1.29, 1.82) is 0 Å². The molecule has 0 spiro atoms. The lowest BCUT2D eigenvalue weighted by molar-refractivity contribution is -0.0633. The van der Waals surface area contributed by atoms with Crippen LogP contribution >= 0.6 is 0 Å². The molecule has 1 saturated heterocycles. The molecule has 0 radical (unpaired) electrons. The summed E-state index contributed by atoms with van der Waals surface area (Å²) in [6, 6.07) is 8.02. The van der Waals surface area contributed by atoms with Crippen LogP contribution in [0, 0.1) is 6.92 Å². The maximum Gasteiger partial charge on any atom is 0.105 e. The van der Waals surface area contributed by atoms with Crippen LogP contribution in [-0.2, 0) is 4.74 Å². The molecule has 1 fully saturated rings. The fourth-order valence-electron chi connectivity index (χ4n) is 2.08. The van der Waals surface area contributed by atoms with Crippen molar-refractivity contribution in [1.82, 2.24) is 0 Å². The summed E-state index contributed by atoms with van der Waals surface area (Å²) in [6.07, 6.45) is 2.77. The first kappa shape index (κ1) is 10.7. The molecule has 2 rings (SSSR count). The Labute approximate surface area is 90.9 Å². The number of aryl methyl sites for hydroxylation is 1. The van der Waals surface area contributed by atoms with Gasteiger partial charge in [0, 0.05) is 6.61 Å². The molecule has 0 amide bonds. The van der Waals surface area contributed by atoms with Crippen molar-refractivity contribution < 1.29 is 9.84 Å². The molecular formula is C13H18O2. The van der Waals surface area contributed by atoms with E-state index in [1.54, 1.807) is 0 Å². The number of hydrogen-bond acceptors (Lipinski definition) is 2. The summed E-state index contributed by atoms with van der Waals surface area (Å²) in [6.45, 7) is 2.82. The van der Waals surface area contributed by atoms with E-state index in [0.29, 0.717) is 0 Å². The van der Waals surface area contributed by atoms with Crippen LogP contribution in [0.2, 0.25) is 0 Å². The highest BCUT2D eigenvalue weighted by Gasteiger charge is 2.23. The zero-order valence-corrected chi connectivity index (χ0v) is 9.15. The fraction of sp³-hybridized carbons (Fsp3) is 0.538. The van der Waals surface area contributed by atoms with Crippen molar-refractivity contribution in [3.05, 3.63) is 35.4 Å². The number of aliphatic hydroxyl groups excluding tert-OH is 1. The Bertz CT molecular complexity index is 316. The van der Waals surface area contributed by atoms with Crippen molar-refractivity contribution in [3.63, 3.8) is 0 Å². The van der Waals surface area contributed by atoms with Gasteiger partial charge in [0.1, 0.15) is 6.10 Å². The van der Waals surface area contributed by atoms with Crippen LogP contribution in [0.3, 0.4) is 0 Å². The van der Waals surface area contributed by atoms with E-state index >= 15 is 0 Å². The third kappa shape index (κ3) is 2.58. The molecule has 0 aliphatic carbocycles. The van der Waals surface area contributed by atoms with Gasteiger partial charge in [-0.1, -0.05) is 29.8 Å². The Balaban J connectivity index is 2.08. The molecule has 2 heteroatoms. The normalized spacial score (nSPS) is 23.7. The van der Waals surface area contributed by atoms with E-state index < -0.39 is 6.10 Å². The van der Waals surface area contributed by atoms with E-state index in [0.717, 1.165) is 31.4 Å². The summed E-state index contributed by atoms with van der Waals surface area (Å²) in [5.41, 5.74) is 2.16. The molecule has 15 heavy (non-hydrogen) atoms. The summed E-state index contributed by atoms with van der Waals surface area (Å²) in [5, 5.41) is 10.1. The summed E-state index contributed by atoms with van der Waals surface area (Å²) in [7, 11) is 0. The van der Waals surface area contributed by atoms with Crippen LogP contribution in [0.1, 0.15) is 36.5 Å². The minimum atomic E-state index is -0.467. The average Bonchev–Trinajstić information content (AvgIpc) is 2.29. The molecule has 1 aliphatic rings. The van der Waals surface area contributed by atoms with E-state index in [1.807, 2.05) is 31.2 Å². The zero-order chi connectivity index (χ0) is 10.7. The number of hydrogen-bond donors (Lipinski definition) is 1. The van der Waals surface area contributed by atoms with Crippen LogP contribution < -0.4 is 0 Å². The minimum Gasteiger partial charge on any atom is -0.386 e. The number of benzene rings is 1. The molecule has 1 aromatic rings. The monoisotopic (exact) mass is 206 g/mol. The Morgan fingerprint density at radius 3 is 2.93 bits per heavy atom. The van der Waals surface area contributed by atoms with Gasteiger partial charge in [-0.25, -0.2) is 0 Å². The third-order valence-electron chi connectivity index (χ3n) is 2.95. The smallest absolute Gasteiger partial charge is 0.105 e. The lowest BCUT2D eigenvalue weighted by Gasteiger charge is -2.27. The van der Waals surface area contributed by atoms with E-state index in [2.05, 4.69) is 0 Å². The number of ether oxygens (including phenoxy) is 1. The standard InChI is InChI=1S/C13H18O2/c1-10-5-4-6-11(9-10)13(14)12-7-2-3-8-15-12/h4-6,9,12-14H,2-3,7-8H2,1H3. The zero-order valence-electron chi connectivity index (χ0n) is 9.15. The van der Waals surface area contributed by atoms with Gasteiger partial charge in [0.15, 0.2) is 0 Å². The average molecular weight is 206 g/mol. The third-order valence-corrected chi connectivity index (χ3v) is 2.95. The molecule has 2 atom stereocenters. The maximum absolute atomic E-state index is 10.1. The predicted molar refractivity (Wildman–Crippen MR) is 59.7 cm³/mol. The van der Waals surface area contributed by atoms with Crippen LogP contribution in [0.15, 0.2) is 24.3 Å². The van der Waals surface area contributed by atoms with Crippen molar-refractivity contribution in [2.45, 2.75) is 38.4 Å². The van der Waals surface area contributed by atoms with Gasteiger partial charge in [0.05, 0.1) is 6.10 Å². The van der Waals surface area contributed by atoms with Gasteiger partial charge < -0.3 is 9.84 Å². The number of rotatable bonds is 2. The molecule has 82 valence electrons. The predicted octanol–water partition coefficient (Wildman–Crippen LogP) is 2.60. The lowest BCUT2D eigenvalue weighted by Crippen LogP contribution is -2.26. The molecular weight excluding hydrogens is 188 g/mol. The Hall–Kier alpha value is -0.860. The van der Waals surface area contributed by atoms with Crippen molar-refractivity contribution in [3.8, 4) is 0 Å². The van der Waals surface area contributed by atoms with Gasteiger partial charge in [0.2, 0.25) is 0 Å². The first-order chi connectivity index (χ1) is 7.27. The van der Waals surface area contributed by atoms with Crippen LogP contribution in [0.4, 0.5) is 0 Å². The molecule has 1 aromatic carbocycles. The molecule has 2 unspecified atom stereocenters. The second-order valence-corrected chi connectivity index (χ2v) is 4.26. The fourth-order valence-corrected chi connectivity index (χ4v) is 2.08. The highest BCUT2D eigenvalue weighted by Crippen LogP contribution is 2.26. The number of aliphatic hydroxyl groups is 1. The Morgan fingerprint density at radius 2 is 2.27 bits per heavy atom. The van der Waals surface area contributed by atoms with E-state index in [-0.39, 0.29) is 6.10 Å². The van der Waals surface area contributed by atoms with Crippen molar-refractivity contribution >= 4 is 0 Å². The van der Waals surface area contributed by atoms with Gasteiger partial charge >= 0.3 is 0 Å². The van der Waals surface area contributed by atoms with Gasteiger partial charge in [-0.15, -0.1) is 0 Å². The van der Waals surface area contributed by atoms with Gasteiger partial charge in [-0.05, 0) is 31.7 Å². The van der Waals surface area contributed by atoms with Crippen molar-refractivity contribution in [2.75, 3.05) is 6.61 Å². The maximum atomic E-state index is 10.1. The summed E-state index contributed by atoms with van der Waals surface area (Å²) < 4.78 is 5.58. The van der Waals surface area contributed by atoms with Crippen LogP contribution in [0.25, 0.3) is 0 Å². The van der Waals surface area contributed by atoms with Gasteiger partial charge in [-0.2, -0.15) is 0 Å². The lowest BCUT2D eigenvalue weighted by atomic mass is 9.97. The Kier molecular flexibility index (Phi) is 3.39. The molecule has 2 nitrogen and oxygen atoms in total.